The summed E-state index contributed by atoms with van der Waals surface area (Å²) in [5, 5.41) is 4.22. The highest BCUT2D eigenvalue weighted by atomic mass is 16.5. The summed E-state index contributed by atoms with van der Waals surface area (Å²) < 4.78 is 6.07. The van der Waals surface area contributed by atoms with Crippen LogP contribution in [-0.4, -0.2) is 32.3 Å². The van der Waals surface area contributed by atoms with Gasteiger partial charge in [-0.2, -0.15) is 5.10 Å². The maximum atomic E-state index is 11.3. The van der Waals surface area contributed by atoms with Crippen molar-refractivity contribution >= 4 is 17.0 Å². The van der Waals surface area contributed by atoms with Crippen LogP contribution in [0.3, 0.4) is 0 Å². The molecule has 0 atom stereocenters. The summed E-state index contributed by atoms with van der Waals surface area (Å²) in [6.45, 7) is -0.316. The predicted molar refractivity (Wildman–Crippen MR) is 53.3 cm³/mol. The van der Waals surface area contributed by atoms with Gasteiger partial charge in [-0.3, -0.25) is 9.59 Å². The van der Waals surface area contributed by atoms with Crippen molar-refractivity contribution in [2.75, 3.05) is 6.54 Å². The molecule has 0 unspecified atom stereocenters. The number of carbonyl (C=O) groups excluding carboxylic acids is 1. The minimum atomic E-state index is -0.548. The number of aromatic nitrogens is 4. The maximum Gasteiger partial charge on any atom is 0.321 e. The first-order chi connectivity index (χ1) is 7.72. The van der Waals surface area contributed by atoms with Gasteiger partial charge < -0.3 is 15.5 Å². The molecule has 0 bridgehead atoms. The van der Waals surface area contributed by atoms with Crippen molar-refractivity contribution in [3.63, 3.8) is 0 Å². The molecule has 0 saturated carbocycles. The monoisotopic (exact) mass is 223 g/mol. The first-order valence-electron chi connectivity index (χ1n) is 4.47. The topological polar surface area (TPSA) is 116 Å². The summed E-state index contributed by atoms with van der Waals surface area (Å²) in [5.74, 6) is -0.548. The molecule has 0 aliphatic rings. The van der Waals surface area contributed by atoms with Crippen LogP contribution >= 0.6 is 0 Å². The van der Waals surface area contributed by atoms with Gasteiger partial charge in [-0.1, -0.05) is 0 Å². The van der Waals surface area contributed by atoms with Gasteiger partial charge in [0.15, 0.2) is 12.4 Å². The van der Waals surface area contributed by atoms with Crippen LogP contribution < -0.4 is 11.3 Å². The molecule has 0 radical (unpaired) electrons. The lowest BCUT2D eigenvalue weighted by Crippen LogP contribution is -2.19. The molecule has 0 spiro atoms. The molecule has 0 saturated heterocycles. The summed E-state index contributed by atoms with van der Waals surface area (Å²) in [5.41, 5.74) is 5.14. The van der Waals surface area contributed by atoms with E-state index in [4.69, 9.17) is 10.5 Å². The summed E-state index contributed by atoms with van der Waals surface area (Å²) in [4.78, 5) is 28.5. The zero-order chi connectivity index (χ0) is 11.5. The zero-order valence-electron chi connectivity index (χ0n) is 8.21. The number of fused-ring (bicyclic) bond motifs is 1. The third-order valence-corrected chi connectivity index (χ3v) is 1.95. The first kappa shape index (κ1) is 10.3. The SMILES string of the molecule is NCC(=O)OCn1ncc2c(=O)[nH]cnc21. The molecule has 0 aliphatic carbocycles. The van der Waals surface area contributed by atoms with E-state index in [0.717, 1.165) is 0 Å². The standard InChI is InChI=1S/C8H9N5O3/c9-1-6(14)16-4-13-7-5(2-12-13)8(15)11-3-10-7/h2-3H,1,4,9H2,(H,10,11,15). The van der Waals surface area contributed by atoms with E-state index >= 15 is 0 Å². The Morgan fingerprint density at radius 1 is 1.62 bits per heavy atom. The van der Waals surface area contributed by atoms with Gasteiger partial charge in [0.25, 0.3) is 5.56 Å². The molecule has 2 heterocycles. The van der Waals surface area contributed by atoms with Crippen LogP contribution in [0.2, 0.25) is 0 Å². The summed E-state index contributed by atoms with van der Waals surface area (Å²) in [6.07, 6.45) is 2.62. The van der Waals surface area contributed by atoms with Gasteiger partial charge in [-0.15, -0.1) is 0 Å². The van der Waals surface area contributed by atoms with Crippen LogP contribution in [0.15, 0.2) is 17.3 Å². The number of nitrogens with one attached hydrogen (secondary N) is 1. The molecule has 16 heavy (non-hydrogen) atoms. The third kappa shape index (κ3) is 1.77. The fourth-order valence-corrected chi connectivity index (χ4v) is 1.19. The van der Waals surface area contributed by atoms with Gasteiger partial charge in [0.1, 0.15) is 5.39 Å². The van der Waals surface area contributed by atoms with Gasteiger partial charge in [0.2, 0.25) is 0 Å². The van der Waals surface area contributed by atoms with E-state index < -0.39 is 5.97 Å². The Bertz CT molecular complexity index is 572. The van der Waals surface area contributed by atoms with Crippen molar-refractivity contribution in [2.24, 2.45) is 5.73 Å². The third-order valence-electron chi connectivity index (χ3n) is 1.95. The second-order valence-electron chi connectivity index (χ2n) is 2.96. The number of carbonyl (C=O) groups is 1. The number of aromatic amines is 1. The first-order valence-corrected chi connectivity index (χ1v) is 4.47. The molecule has 84 valence electrons. The van der Waals surface area contributed by atoms with Crippen LogP contribution in [-0.2, 0) is 16.3 Å². The molecule has 0 aliphatic heterocycles. The van der Waals surface area contributed by atoms with Crippen molar-refractivity contribution in [3.8, 4) is 0 Å². The highest BCUT2D eigenvalue weighted by Crippen LogP contribution is 2.03. The molecule has 0 aromatic carbocycles. The van der Waals surface area contributed by atoms with Crippen LogP contribution in [0.5, 0.6) is 0 Å². The largest absolute Gasteiger partial charge is 0.441 e. The lowest BCUT2D eigenvalue weighted by molar-refractivity contribution is -0.145. The van der Waals surface area contributed by atoms with Crippen LogP contribution in [0.4, 0.5) is 0 Å². The lowest BCUT2D eigenvalue weighted by atomic mass is 10.4. The predicted octanol–water partition coefficient (Wildman–Crippen LogP) is -1.42. The molecule has 8 nitrogen and oxygen atoms in total. The Morgan fingerprint density at radius 3 is 3.19 bits per heavy atom. The van der Waals surface area contributed by atoms with Gasteiger partial charge in [0, 0.05) is 0 Å². The summed E-state index contributed by atoms with van der Waals surface area (Å²) >= 11 is 0. The molecule has 2 aromatic rings. The van der Waals surface area contributed by atoms with E-state index in [0.29, 0.717) is 11.0 Å². The van der Waals surface area contributed by atoms with E-state index in [1.54, 1.807) is 0 Å². The van der Waals surface area contributed by atoms with Crippen molar-refractivity contribution in [1.29, 1.82) is 0 Å². The normalized spacial score (nSPS) is 10.6. The number of H-pyrrole nitrogens is 1. The van der Waals surface area contributed by atoms with Gasteiger partial charge >= 0.3 is 5.97 Å². The van der Waals surface area contributed by atoms with Crippen molar-refractivity contribution in [1.82, 2.24) is 19.7 Å². The van der Waals surface area contributed by atoms with Crippen LogP contribution in [0, 0.1) is 0 Å². The van der Waals surface area contributed by atoms with E-state index in [-0.39, 0.29) is 18.8 Å². The van der Waals surface area contributed by atoms with Gasteiger partial charge in [-0.05, 0) is 0 Å². The Kier molecular flexibility index (Phi) is 2.64. The molecule has 8 heteroatoms. The highest BCUT2D eigenvalue weighted by Gasteiger charge is 2.08. The number of hydrogen-bond donors (Lipinski definition) is 2. The Morgan fingerprint density at radius 2 is 2.44 bits per heavy atom. The van der Waals surface area contributed by atoms with E-state index in [1.807, 2.05) is 0 Å². The number of esters is 1. The Balaban J connectivity index is 2.29. The van der Waals surface area contributed by atoms with E-state index in [2.05, 4.69) is 15.1 Å². The van der Waals surface area contributed by atoms with E-state index in [9.17, 15) is 9.59 Å². The molecular weight excluding hydrogens is 214 g/mol. The Hall–Kier alpha value is -2.22. The molecule has 2 rings (SSSR count). The molecule has 0 fully saturated rings. The molecule has 2 aromatic heterocycles. The van der Waals surface area contributed by atoms with Gasteiger partial charge in [0.05, 0.1) is 19.1 Å². The maximum absolute atomic E-state index is 11.3. The second-order valence-corrected chi connectivity index (χ2v) is 2.96. The van der Waals surface area contributed by atoms with Crippen molar-refractivity contribution < 1.29 is 9.53 Å². The van der Waals surface area contributed by atoms with Crippen molar-refractivity contribution in [3.05, 3.63) is 22.9 Å². The smallest absolute Gasteiger partial charge is 0.321 e. The average Bonchev–Trinajstić information content (AvgIpc) is 2.70. The zero-order valence-corrected chi connectivity index (χ0v) is 8.21. The highest BCUT2D eigenvalue weighted by molar-refractivity contribution is 5.73. The summed E-state index contributed by atoms with van der Waals surface area (Å²) in [6, 6.07) is 0. The molecule has 0 amide bonds. The fourth-order valence-electron chi connectivity index (χ4n) is 1.19. The number of nitrogens with zero attached hydrogens (tertiary/aromatic N) is 3. The van der Waals surface area contributed by atoms with E-state index in [1.165, 1.54) is 17.2 Å². The number of hydrogen-bond acceptors (Lipinski definition) is 6. The van der Waals surface area contributed by atoms with Crippen LogP contribution in [0.25, 0.3) is 11.0 Å². The second kappa shape index (κ2) is 4.11. The Labute approximate surface area is 89.0 Å². The van der Waals surface area contributed by atoms with Crippen LogP contribution in [0.1, 0.15) is 0 Å². The number of rotatable bonds is 3. The molecule has 3 N–H and O–H groups in total. The quantitative estimate of drug-likeness (QED) is 0.617. The minimum Gasteiger partial charge on any atom is -0.441 e. The summed E-state index contributed by atoms with van der Waals surface area (Å²) in [7, 11) is 0. The number of ether oxygens (including phenoxy) is 1. The lowest BCUT2D eigenvalue weighted by Gasteiger charge is -2.03. The van der Waals surface area contributed by atoms with Crippen molar-refractivity contribution in [2.45, 2.75) is 6.73 Å². The molecular formula is C8H9N5O3. The number of nitrogens with two attached hydrogens (primary N) is 1. The minimum absolute atomic E-state index is 0.115. The van der Waals surface area contributed by atoms with Gasteiger partial charge in [-0.25, -0.2) is 9.67 Å². The fraction of sp³-hybridized carbons (Fsp3) is 0.250. The average molecular weight is 223 g/mol.